The normalized spacial score (nSPS) is 12.5. The van der Waals surface area contributed by atoms with Crippen molar-refractivity contribution in [2.75, 3.05) is 0 Å². The predicted molar refractivity (Wildman–Crippen MR) is 50.5 cm³/mol. The van der Waals surface area contributed by atoms with Gasteiger partial charge in [0, 0.05) is 0 Å². The highest BCUT2D eigenvalue weighted by Crippen LogP contribution is 2.15. The summed E-state index contributed by atoms with van der Waals surface area (Å²) in [6, 6.07) is 4.53. The molecule has 1 aromatic carbocycles. The van der Waals surface area contributed by atoms with Crippen LogP contribution in [-0.4, -0.2) is 11.1 Å². The van der Waals surface area contributed by atoms with Crippen LogP contribution in [-0.2, 0) is 4.79 Å². The van der Waals surface area contributed by atoms with E-state index < -0.39 is 12.0 Å². The minimum Gasteiger partial charge on any atom is -0.480 e. The molecule has 13 heavy (non-hydrogen) atoms. The predicted octanol–water partition coefficient (Wildman–Crippen LogP) is 1.39. The topological polar surface area (TPSA) is 63.3 Å². The molecule has 70 valence electrons. The van der Waals surface area contributed by atoms with E-state index in [1.54, 1.807) is 6.07 Å². The van der Waals surface area contributed by atoms with Crippen LogP contribution in [0.25, 0.3) is 0 Å². The smallest absolute Gasteiger partial charge is 0.325 e. The Bertz CT molecular complexity index is 334. The van der Waals surface area contributed by atoms with Crippen LogP contribution in [0, 0.1) is 13.8 Å². The van der Waals surface area contributed by atoms with E-state index in [9.17, 15) is 4.79 Å². The number of carbonyl (C=O) groups is 1. The van der Waals surface area contributed by atoms with E-state index in [1.807, 2.05) is 26.0 Å². The molecular formula is C10H13NO2. The highest BCUT2D eigenvalue weighted by atomic mass is 16.4. The third kappa shape index (κ3) is 2.06. The summed E-state index contributed by atoms with van der Waals surface area (Å²) in [5, 5.41) is 8.67. The Labute approximate surface area is 77.2 Å². The molecule has 0 aromatic heterocycles. The molecule has 1 atom stereocenters. The summed E-state index contributed by atoms with van der Waals surface area (Å²) >= 11 is 0. The summed E-state index contributed by atoms with van der Waals surface area (Å²) in [7, 11) is 0. The SMILES string of the molecule is Cc1ccc([C@@H](N)C(=O)O)cc1C. The first-order valence-corrected chi connectivity index (χ1v) is 4.08. The Balaban J connectivity index is 3.03. The monoisotopic (exact) mass is 179 g/mol. The maximum atomic E-state index is 10.6. The van der Waals surface area contributed by atoms with E-state index in [2.05, 4.69) is 0 Å². The van der Waals surface area contributed by atoms with Crippen LogP contribution < -0.4 is 5.73 Å². The number of aryl methyl sites for hydroxylation is 2. The van der Waals surface area contributed by atoms with Crippen LogP contribution in [0.1, 0.15) is 22.7 Å². The quantitative estimate of drug-likeness (QED) is 0.721. The molecule has 3 N–H and O–H groups in total. The molecule has 3 nitrogen and oxygen atoms in total. The summed E-state index contributed by atoms with van der Waals surface area (Å²) in [6.45, 7) is 3.92. The van der Waals surface area contributed by atoms with E-state index >= 15 is 0 Å². The minimum absolute atomic E-state index is 0.649. The largest absolute Gasteiger partial charge is 0.480 e. The molecule has 3 heteroatoms. The van der Waals surface area contributed by atoms with Crippen molar-refractivity contribution in [3.8, 4) is 0 Å². The highest BCUT2D eigenvalue weighted by molar-refractivity contribution is 5.75. The zero-order chi connectivity index (χ0) is 10.0. The second kappa shape index (κ2) is 3.58. The fourth-order valence-corrected chi connectivity index (χ4v) is 1.10. The van der Waals surface area contributed by atoms with Crippen molar-refractivity contribution < 1.29 is 9.90 Å². The van der Waals surface area contributed by atoms with Crippen molar-refractivity contribution in [1.29, 1.82) is 0 Å². The van der Waals surface area contributed by atoms with Crippen LogP contribution >= 0.6 is 0 Å². The number of carboxylic acids is 1. The highest BCUT2D eigenvalue weighted by Gasteiger charge is 2.13. The maximum Gasteiger partial charge on any atom is 0.325 e. The lowest BCUT2D eigenvalue weighted by molar-refractivity contribution is -0.138. The Morgan fingerprint density at radius 1 is 1.38 bits per heavy atom. The molecule has 0 spiro atoms. The van der Waals surface area contributed by atoms with Crippen LogP contribution in [0.5, 0.6) is 0 Å². The Morgan fingerprint density at radius 2 is 2.00 bits per heavy atom. The second-order valence-electron chi connectivity index (χ2n) is 3.16. The third-order valence-corrected chi connectivity index (χ3v) is 2.16. The molecule has 0 amide bonds. The van der Waals surface area contributed by atoms with Crippen molar-refractivity contribution in [1.82, 2.24) is 0 Å². The number of nitrogens with two attached hydrogens (primary N) is 1. The zero-order valence-electron chi connectivity index (χ0n) is 7.74. The molecule has 0 saturated heterocycles. The fourth-order valence-electron chi connectivity index (χ4n) is 1.10. The molecule has 1 rings (SSSR count). The van der Waals surface area contributed by atoms with E-state index in [1.165, 1.54) is 0 Å². The first-order valence-electron chi connectivity index (χ1n) is 4.08. The summed E-state index contributed by atoms with van der Waals surface area (Å²) in [6.07, 6.45) is 0. The van der Waals surface area contributed by atoms with Crippen molar-refractivity contribution in [3.05, 3.63) is 34.9 Å². The second-order valence-corrected chi connectivity index (χ2v) is 3.16. The molecule has 0 fully saturated rings. The van der Waals surface area contributed by atoms with Crippen molar-refractivity contribution in [2.45, 2.75) is 19.9 Å². The van der Waals surface area contributed by atoms with Gasteiger partial charge in [0.25, 0.3) is 0 Å². The third-order valence-electron chi connectivity index (χ3n) is 2.16. The van der Waals surface area contributed by atoms with E-state index in [0.29, 0.717) is 5.56 Å². The van der Waals surface area contributed by atoms with Crippen molar-refractivity contribution in [3.63, 3.8) is 0 Å². The van der Waals surface area contributed by atoms with Crippen LogP contribution in [0.2, 0.25) is 0 Å². The molecule has 1 aromatic rings. The van der Waals surface area contributed by atoms with Crippen molar-refractivity contribution in [2.24, 2.45) is 5.73 Å². The lowest BCUT2D eigenvalue weighted by atomic mass is 10.0. The maximum absolute atomic E-state index is 10.6. The number of benzene rings is 1. The molecule has 0 unspecified atom stereocenters. The number of carboxylic acid groups (broad SMARTS) is 1. The van der Waals surface area contributed by atoms with Crippen LogP contribution in [0.3, 0.4) is 0 Å². The van der Waals surface area contributed by atoms with Gasteiger partial charge in [-0.1, -0.05) is 18.2 Å². The molecule has 0 bridgehead atoms. The van der Waals surface area contributed by atoms with Gasteiger partial charge < -0.3 is 10.8 Å². The summed E-state index contributed by atoms with van der Waals surface area (Å²) < 4.78 is 0. The summed E-state index contributed by atoms with van der Waals surface area (Å²) in [4.78, 5) is 10.6. The van der Waals surface area contributed by atoms with Crippen LogP contribution in [0.15, 0.2) is 18.2 Å². The first kappa shape index (κ1) is 9.74. The molecule has 0 aliphatic carbocycles. The van der Waals surface area contributed by atoms with Gasteiger partial charge in [-0.2, -0.15) is 0 Å². The minimum atomic E-state index is -0.997. The van der Waals surface area contributed by atoms with E-state index in [4.69, 9.17) is 10.8 Å². The van der Waals surface area contributed by atoms with Gasteiger partial charge >= 0.3 is 5.97 Å². The van der Waals surface area contributed by atoms with Gasteiger partial charge in [-0.15, -0.1) is 0 Å². The van der Waals surface area contributed by atoms with Gasteiger partial charge in [0.15, 0.2) is 0 Å². The molecular weight excluding hydrogens is 166 g/mol. The molecule has 0 saturated carbocycles. The number of hydrogen-bond acceptors (Lipinski definition) is 2. The van der Waals surface area contributed by atoms with Crippen molar-refractivity contribution >= 4 is 5.97 Å². The number of rotatable bonds is 2. The van der Waals surface area contributed by atoms with Gasteiger partial charge in [-0.05, 0) is 30.5 Å². The van der Waals surface area contributed by atoms with E-state index in [-0.39, 0.29) is 0 Å². The molecule has 0 aliphatic heterocycles. The first-order chi connectivity index (χ1) is 6.02. The van der Waals surface area contributed by atoms with Crippen LogP contribution in [0.4, 0.5) is 0 Å². The Hall–Kier alpha value is -1.35. The molecule has 0 radical (unpaired) electrons. The fraction of sp³-hybridized carbons (Fsp3) is 0.300. The average molecular weight is 179 g/mol. The van der Waals surface area contributed by atoms with Gasteiger partial charge in [0.1, 0.15) is 6.04 Å². The van der Waals surface area contributed by atoms with Gasteiger partial charge in [0.2, 0.25) is 0 Å². The Morgan fingerprint density at radius 3 is 2.46 bits per heavy atom. The summed E-state index contributed by atoms with van der Waals surface area (Å²) in [5.41, 5.74) is 8.31. The zero-order valence-corrected chi connectivity index (χ0v) is 7.74. The number of aliphatic carboxylic acids is 1. The molecule has 0 aliphatic rings. The van der Waals surface area contributed by atoms with E-state index in [0.717, 1.165) is 11.1 Å². The molecule has 0 heterocycles. The Kier molecular flexibility index (Phi) is 2.68. The van der Waals surface area contributed by atoms with Gasteiger partial charge in [-0.25, -0.2) is 0 Å². The standard InChI is InChI=1S/C10H13NO2/c1-6-3-4-8(5-7(6)2)9(11)10(12)13/h3-5,9H,11H2,1-2H3,(H,12,13)/t9-/m1/s1. The lowest BCUT2D eigenvalue weighted by Crippen LogP contribution is -2.20. The number of hydrogen-bond donors (Lipinski definition) is 2. The van der Waals surface area contributed by atoms with Gasteiger partial charge in [-0.3, -0.25) is 4.79 Å². The van der Waals surface area contributed by atoms with Gasteiger partial charge in [0.05, 0.1) is 0 Å². The lowest BCUT2D eigenvalue weighted by Gasteiger charge is -2.08. The summed E-state index contributed by atoms with van der Waals surface area (Å²) in [5.74, 6) is -0.997. The average Bonchev–Trinajstić information content (AvgIpc) is 2.08.